The van der Waals surface area contributed by atoms with Crippen LogP contribution in [0.5, 0.6) is 0 Å². The summed E-state index contributed by atoms with van der Waals surface area (Å²) in [6.45, 7) is 1.33. The van der Waals surface area contributed by atoms with Crippen molar-refractivity contribution in [3.05, 3.63) is 23.8 Å². The third-order valence-corrected chi connectivity index (χ3v) is 4.61. The fraction of sp³-hybridized carbons (Fsp3) is 0.385. The Bertz CT molecular complexity index is 715. The van der Waals surface area contributed by atoms with Gasteiger partial charge < -0.3 is 20.4 Å². The van der Waals surface area contributed by atoms with E-state index < -0.39 is 5.91 Å². The molecule has 0 aliphatic carbocycles. The van der Waals surface area contributed by atoms with Crippen LogP contribution in [0.15, 0.2) is 23.8 Å². The molecule has 0 aromatic carbocycles. The van der Waals surface area contributed by atoms with Crippen molar-refractivity contribution in [1.82, 2.24) is 19.9 Å². The minimum Gasteiger partial charge on any atom is -0.385 e. The maximum absolute atomic E-state index is 11.6. The topological polar surface area (TPSA) is 110 Å². The molecule has 8 nitrogen and oxygen atoms in total. The molecule has 9 heteroatoms. The first kappa shape index (κ1) is 14.8. The van der Waals surface area contributed by atoms with Gasteiger partial charge in [-0.25, -0.2) is 15.0 Å². The van der Waals surface area contributed by atoms with E-state index in [1.54, 1.807) is 19.6 Å². The second kappa shape index (κ2) is 6.32. The number of fused-ring (bicyclic) bond motifs is 1. The van der Waals surface area contributed by atoms with Gasteiger partial charge in [-0.2, -0.15) is 0 Å². The number of nitrogens with zero attached hydrogens (tertiary/aromatic N) is 4. The first-order valence-corrected chi connectivity index (χ1v) is 7.65. The molecule has 3 heterocycles. The number of methoxy groups -OCH3 is 1. The lowest BCUT2D eigenvalue weighted by Crippen LogP contribution is -2.34. The Morgan fingerprint density at radius 3 is 3.18 bits per heavy atom. The molecule has 22 heavy (non-hydrogen) atoms. The molecule has 2 aromatic heterocycles. The lowest BCUT2D eigenvalue weighted by molar-refractivity contribution is -0.113. The second-order valence-electron chi connectivity index (χ2n) is 4.83. The van der Waals surface area contributed by atoms with Gasteiger partial charge in [-0.15, -0.1) is 11.8 Å². The van der Waals surface area contributed by atoms with Crippen LogP contribution in [0, 0.1) is 0 Å². The predicted molar refractivity (Wildman–Crippen MR) is 84.2 cm³/mol. The summed E-state index contributed by atoms with van der Waals surface area (Å²) in [5.74, 6) is 0.246. The van der Waals surface area contributed by atoms with Gasteiger partial charge in [0.25, 0.3) is 5.91 Å². The Kier molecular flexibility index (Phi) is 4.25. The molecule has 0 saturated heterocycles. The molecular formula is C13H16N6O2S. The number of aromatic amines is 1. The van der Waals surface area contributed by atoms with Gasteiger partial charge in [-0.3, -0.25) is 4.79 Å². The van der Waals surface area contributed by atoms with Gasteiger partial charge in [0.1, 0.15) is 11.8 Å². The number of carbonyl (C=O) groups excluding carboxylic acids is 1. The van der Waals surface area contributed by atoms with Crippen molar-refractivity contribution in [2.75, 3.05) is 25.2 Å². The molecule has 1 aliphatic heterocycles. The molecule has 0 fully saturated rings. The summed E-state index contributed by atoms with van der Waals surface area (Å²) in [6.07, 6.45) is 5.59. The molecular weight excluding hydrogens is 304 g/mol. The number of H-pyrrole nitrogens is 1. The summed E-state index contributed by atoms with van der Waals surface area (Å²) in [5, 5.41) is 0.195. The number of aromatic nitrogens is 4. The number of thioether (sulfide) groups is 1. The number of imidazole rings is 1. The molecule has 3 rings (SSSR count). The van der Waals surface area contributed by atoms with Gasteiger partial charge >= 0.3 is 0 Å². The fourth-order valence-corrected chi connectivity index (χ4v) is 3.41. The van der Waals surface area contributed by atoms with Crippen LogP contribution >= 0.6 is 11.8 Å². The molecule has 2 aromatic rings. The van der Waals surface area contributed by atoms with Gasteiger partial charge in [-0.1, -0.05) is 0 Å². The van der Waals surface area contributed by atoms with E-state index in [1.807, 2.05) is 4.90 Å². The van der Waals surface area contributed by atoms with Gasteiger partial charge in [0.05, 0.1) is 11.2 Å². The molecule has 1 amide bonds. The maximum atomic E-state index is 11.6. The van der Waals surface area contributed by atoms with E-state index in [4.69, 9.17) is 10.5 Å². The Balaban J connectivity index is 1.95. The van der Waals surface area contributed by atoms with Crippen LogP contribution in [0.2, 0.25) is 0 Å². The van der Waals surface area contributed by atoms with E-state index in [0.717, 1.165) is 11.9 Å². The fourth-order valence-electron chi connectivity index (χ4n) is 2.30. The number of hydrogen-bond donors (Lipinski definition) is 2. The molecule has 0 bridgehead atoms. The van der Waals surface area contributed by atoms with E-state index in [2.05, 4.69) is 19.9 Å². The Hall–Kier alpha value is -2.13. The average Bonchev–Trinajstić information content (AvgIpc) is 3.01. The second-order valence-corrected chi connectivity index (χ2v) is 6.17. The highest BCUT2D eigenvalue weighted by Gasteiger charge is 2.26. The third kappa shape index (κ3) is 2.90. The standard InChI is InChI=1S/C13H16N6O2S/c1-21-3-2-8-4-19(5-9(22-8)11(14)20)13-10-12(16-6-15-10)17-7-18-13/h5-8H,2-4H2,1H3,(H2,14,20)(H,15,16,17,18). The first-order valence-electron chi connectivity index (χ1n) is 6.77. The number of hydrogen-bond acceptors (Lipinski definition) is 7. The van der Waals surface area contributed by atoms with E-state index in [9.17, 15) is 4.79 Å². The zero-order valence-corrected chi connectivity index (χ0v) is 12.8. The monoisotopic (exact) mass is 320 g/mol. The number of primary amides is 1. The third-order valence-electron chi connectivity index (χ3n) is 3.33. The summed E-state index contributed by atoms with van der Waals surface area (Å²) in [6, 6.07) is 0. The summed E-state index contributed by atoms with van der Waals surface area (Å²) in [7, 11) is 1.66. The zero-order chi connectivity index (χ0) is 15.5. The molecule has 0 saturated carbocycles. The van der Waals surface area contributed by atoms with Gasteiger partial charge in [0, 0.05) is 31.7 Å². The number of ether oxygens (including phenoxy) is 1. The summed E-state index contributed by atoms with van der Waals surface area (Å²) < 4.78 is 5.13. The number of nitrogens with two attached hydrogens (primary N) is 1. The van der Waals surface area contributed by atoms with E-state index >= 15 is 0 Å². The predicted octanol–water partition coefficient (Wildman–Crippen LogP) is 0.638. The van der Waals surface area contributed by atoms with Crippen LogP contribution < -0.4 is 10.6 Å². The Morgan fingerprint density at radius 1 is 1.55 bits per heavy atom. The summed E-state index contributed by atoms with van der Waals surface area (Å²) >= 11 is 1.48. The van der Waals surface area contributed by atoms with Gasteiger partial charge in [-0.05, 0) is 6.42 Å². The van der Waals surface area contributed by atoms with E-state index in [0.29, 0.717) is 29.5 Å². The van der Waals surface area contributed by atoms with Crippen molar-refractivity contribution in [3.8, 4) is 0 Å². The largest absolute Gasteiger partial charge is 0.385 e. The number of carbonyl (C=O) groups is 1. The first-order chi connectivity index (χ1) is 10.7. The molecule has 1 atom stereocenters. The van der Waals surface area contributed by atoms with Crippen molar-refractivity contribution < 1.29 is 9.53 Å². The lowest BCUT2D eigenvalue weighted by atomic mass is 10.2. The normalized spacial score (nSPS) is 18.5. The maximum Gasteiger partial charge on any atom is 0.256 e. The molecule has 1 unspecified atom stereocenters. The van der Waals surface area contributed by atoms with Crippen LogP contribution in [0.4, 0.5) is 5.82 Å². The number of rotatable bonds is 5. The Labute approximate surface area is 131 Å². The average molecular weight is 320 g/mol. The number of amides is 1. The highest BCUT2D eigenvalue weighted by atomic mass is 32.2. The minimum absolute atomic E-state index is 0.195. The van der Waals surface area contributed by atoms with Crippen LogP contribution in [0.25, 0.3) is 11.2 Å². The minimum atomic E-state index is -0.438. The van der Waals surface area contributed by atoms with Crippen molar-refractivity contribution in [2.24, 2.45) is 5.73 Å². The van der Waals surface area contributed by atoms with Crippen molar-refractivity contribution in [2.45, 2.75) is 11.7 Å². The molecule has 116 valence electrons. The molecule has 0 radical (unpaired) electrons. The highest BCUT2D eigenvalue weighted by Crippen LogP contribution is 2.33. The SMILES string of the molecule is COCCC1CN(c2ncnc3nc[nH]c23)C=C(C(N)=O)S1. The van der Waals surface area contributed by atoms with E-state index in [1.165, 1.54) is 18.1 Å². The zero-order valence-electron chi connectivity index (χ0n) is 12.0. The summed E-state index contributed by atoms with van der Waals surface area (Å²) in [4.78, 5) is 29.6. The molecule has 0 spiro atoms. The van der Waals surface area contributed by atoms with Crippen molar-refractivity contribution in [3.63, 3.8) is 0 Å². The quantitative estimate of drug-likeness (QED) is 0.831. The van der Waals surface area contributed by atoms with E-state index in [-0.39, 0.29) is 5.25 Å². The Morgan fingerprint density at radius 2 is 2.41 bits per heavy atom. The van der Waals surface area contributed by atoms with Gasteiger partial charge in [0.15, 0.2) is 11.5 Å². The van der Waals surface area contributed by atoms with Crippen LogP contribution in [0.1, 0.15) is 6.42 Å². The highest BCUT2D eigenvalue weighted by molar-refractivity contribution is 8.04. The number of anilines is 1. The molecule has 1 aliphatic rings. The van der Waals surface area contributed by atoms with Crippen LogP contribution in [-0.2, 0) is 9.53 Å². The smallest absolute Gasteiger partial charge is 0.256 e. The van der Waals surface area contributed by atoms with Crippen LogP contribution in [-0.4, -0.2) is 51.4 Å². The van der Waals surface area contributed by atoms with Gasteiger partial charge in [0.2, 0.25) is 0 Å². The molecule has 3 N–H and O–H groups in total. The number of nitrogens with one attached hydrogen (secondary N) is 1. The van der Waals surface area contributed by atoms with Crippen LogP contribution in [0.3, 0.4) is 0 Å². The lowest BCUT2D eigenvalue weighted by Gasteiger charge is -2.30. The van der Waals surface area contributed by atoms with Crippen molar-refractivity contribution in [1.29, 1.82) is 0 Å². The summed E-state index contributed by atoms with van der Waals surface area (Å²) in [5.41, 5.74) is 6.78. The van der Waals surface area contributed by atoms with Crippen molar-refractivity contribution >= 4 is 34.7 Å².